The summed E-state index contributed by atoms with van der Waals surface area (Å²) in [4.78, 5) is 13.9. The molecule has 1 amide bonds. The molecular formula is C13H19NO3. The molecule has 1 aliphatic heterocycles. The highest BCUT2D eigenvalue weighted by molar-refractivity contribution is 5.92. The highest BCUT2D eigenvalue weighted by Gasteiger charge is 2.30. The van der Waals surface area contributed by atoms with Gasteiger partial charge < -0.3 is 14.4 Å². The average molecular weight is 237 g/mol. The summed E-state index contributed by atoms with van der Waals surface area (Å²) in [5, 5.41) is 9.51. The summed E-state index contributed by atoms with van der Waals surface area (Å²) in [6.07, 6.45) is 0.509. The first-order valence-corrected chi connectivity index (χ1v) is 6.03. The van der Waals surface area contributed by atoms with Gasteiger partial charge in [-0.05, 0) is 38.8 Å². The van der Waals surface area contributed by atoms with Crippen molar-refractivity contribution in [3.05, 3.63) is 23.2 Å². The van der Waals surface area contributed by atoms with Crippen molar-refractivity contribution in [1.82, 2.24) is 4.90 Å². The quantitative estimate of drug-likeness (QED) is 0.852. The second kappa shape index (κ2) is 4.53. The van der Waals surface area contributed by atoms with Crippen molar-refractivity contribution in [2.24, 2.45) is 5.92 Å². The molecule has 0 radical (unpaired) electrons. The first-order valence-electron chi connectivity index (χ1n) is 6.03. The number of aliphatic hydroxyl groups is 1. The Bertz CT molecular complexity index is 403. The third-order valence-corrected chi connectivity index (χ3v) is 3.57. The molecule has 4 nitrogen and oxygen atoms in total. The van der Waals surface area contributed by atoms with Crippen molar-refractivity contribution in [3.8, 4) is 0 Å². The minimum absolute atomic E-state index is 0.0654. The topological polar surface area (TPSA) is 53.7 Å². The lowest BCUT2D eigenvalue weighted by atomic mass is 10.0. The van der Waals surface area contributed by atoms with E-state index in [4.69, 9.17) is 4.42 Å². The van der Waals surface area contributed by atoms with Crippen LogP contribution in [0.4, 0.5) is 0 Å². The van der Waals surface area contributed by atoms with Crippen molar-refractivity contribution >= 4 is 5.91 Å². The van der Waals surface area contributed by atoms with Crippen LogP contribution < -0.4 is 0 Å². The summed E-state index contributed by atoms with van der Waals surface area (Å²) in [5.74, 6) is 1.33. The maximum Gasteiger partial charge on any atom is 0.289 e. The first kappa shape index (κ1) is 12.2. The van der Waals surface area contributed by atoms with Crippen molar-refractivity contribution in [3.63, 3.8) is 0 Å². The Kier molecular flexibility index (Phi) is 3.24. The van der Waals surface area contributed by atoms with Crippen LogP contribution in [-0.4, -0.2) is 35.1 Å². The highest BCUT2D eigenvalue weighted by Crippen LogP contribution is 2.23. The zero-order chi connectivity index (χ0) is 12.6. The summed E-state index contributed by atoms with van der Waals surface area (Å²) in [6.45, 7) is 6.88. The number of carbonyl (C=O) groups excluding carboxylic acids is 1. The molecule has 2 heterocycles. The molecule has 1 aromatic rings. The fourth-order valence-corrected chi connectivity index (χ4v) is 2.20. The third-order valence-electron chi connectivity index (χ3n) is 3.57. The van der Waals surface area contributed by atoms with Gasteiger partial charge in [-0.15, -0.1) is 0 Å². The van der Waals surface area contributed by atoms with E-state index in [9.17, 15) is 9.90 Å². The second-order valence-corrected chi connectivity index (χ2v) is 4.89. The Morgan fingerprint density at radius 1 is 1.59 bits per heavy atom. The van der Waals surface area contributed by atoms with Gasteiger partial charge in [0.15, 0.2) is 5.76 Å². The van der Waals surface area contributed by atoms with Crippen molar-refractivity contribution in [2.45, 2.75) is 33.3 Å². The van der Waals surface area contributed by atoms with Gasteiger partial charge in [-0.2, -0.15) is 0 Å². The summed E-state index contributed by atoms with van der Waals surface area (Å²) in [5.41, 5.74) is 1.000. The van der Waals surface area contributed by atoms with Gasteiger partial charge in [0.2, 0.25) is 0 Å². The predicted molar refractivity (Wildman–Crippen MR) is 63.9 cm³/mol. The monoisotopic (exact) mass is 237 g/mol. The number of nitrogens with zero attached hydrogens (tertiary/aromatic N) is 1. The fourth-order valence-electron chi connectivity index (χ4n) is 2.20. The number of furan rings is 1. The molecule has 1 saturated heterocycles. The van der Waals surface area contributed by atoms with E-state index >= 15 is 0 Å². The molecule has 1 aromatic heterocycles. The van der Waals surface area contributed by atoms with E-state index in [2.05, 4.69) is 0 Å². The lowest BCUT2D eigenvalue weighted by Crippen LogP contribution is -2.30. The number of likely N-dealkylation sites (tertiary alicyclic amines) is 1. The smallest absolute Gasteiger partial charge is 0.289 e. The van der Waals surface area contributed by atoms with Crippen LogP contribution in [0, 0.1) is 19.8 Å². The van der Waals surface area contributed by atoms with Gasteiger partial charge in [0, 0.05) is 19.0 Å². The Morgan fingerprint density at radius 2 is 2.29 bits per heavy atom. The Hall–Kier alpha value is -1.29. The van der Waals surface area contributed by atoms with Crippen LogP contribution in [0.3, 0.4) is 0 Å². The van der Waals surface area contributed by atoms with E-state index in [0.717, 1.165) is 17.7 Å². The van der Waals surface area contributed by atoms with Gasteiger partial charge in [0.1, 0.15) is 5.76 Å². The molecule has 2 atom stereocenters. The van der Waals surface area contributed by atoms with E-state index in [1.165, 1.54) is 0 Å². The summed E-state index contributed by atoms with van der Waals surface area (Å²) in [7, 11) is 0. The van der Waals surface area contributed by atoms with Crippen LogP contribution >= 0.6 is 0 Å². The molecule has 0 aromatic carbocycles. The van der Waals surface area contributed by atoms with Crippen LogP contribution in [0.1, 0.15) is 35.2 Å². The Labute approximate surface area is 101 Å². The molecule has 4 heteroatoms. The van der Waals surface area contributed by atoms with Gasteiger partial charge in [-0.25, -0.2) is 0 Å². The predicted octanol–water partition coefficient (Wildman–Crippen LogP) is 1.74. The van der Waals surface area contributed by atoms with Crippen LogP contribution in [0.25, 0.3) is 0 Å². The van der Waals surface area contributed by atoms with E-state index in [1.54, 1.807) is 17.9 Å². The molecule has 2 unspecified atom stereocenters. The van der Waals surface area contributed by atoms with Gasteiger partial charge in [0.25, 0.3) is 5.91 Å². The standard InChI is InChI=1S/C13H19NO3/c1-8-6-12(17-10(8)3)13(16)14-5-4-11(7-14)9(2)15/h6,9,11,15H,4-5,7H2,1-3H3. The van der Waals surface area contributed by atoms with Crippen LogP contribution in [0.5, 0.6) is 0 Å². The molecule has 2 rings (SSSR count). The summed E-state index contributed by atoms with van der Waals surface area (Å²) in [6, 6.07) is 1.79. The summed E-state index contributed by atoms with van der Waals surface area (Å²) < 4.78 is 5.43. The zero-order valence-corrected chi connectivity index (χ0v) is 10.6. The minimum atomic E-state index is -0.354. The largest absolute Gasteiger partial charge is 0.456 e. The highest BCUT2D eigenvalue weighted by atomic mass is 16.4. The number of hydrogen-bond donors (Lipinski definition) is 1. The maximum absolute atomic E-state index is 12.1. The molecular weight excluding hydrogens is 218 g/mol. The summed E-state index contributed by atoms with van der Waals surface area (Å²) >= 11 is 0. The van der Waals surface area contributed by atoms with Crippen molar-refractivity contribution in [1.29, 1.82) is 0 Å². The lowest BCUT2D eigenvalue weighted by Gasteiger charge is -2.16. The SMILES string of the molecule is Cc1cc(C(=O)N2CCC(C(C)O)C2)oc1C. The van der Waals surface area contributed by atoms with Crippen molar-refractivity contribution in [2.75, 3.05) is 13.1 Å². The van der Waals surface area contributed by atoms with Gasteiger partial charge >= 0.3 is 0 Å². The van der Waals surface area contributed by atoms with Gasteiger partial charge in [0.05, 0.1) is 6.10 Å². The second-order valence-electron chi connectivity index (χ2n) is 4.89. The lowest BCUT2D eigenvalue weighted by molar-refractivity contribution is 0.0730. The molecule has 0 aliphatic carbocycles. The van der Waals surface area contributed by atoms with Crippen LogP contribution in [0.15, 0.2) is 10.5 Å². The minimum Gasteiger partial charge on any atom is -0.456 e. The number of rotatable bonds is 2. The molecule has 0 bridgehead atoms. The van der Waals surface area contributed by atoms with E-state index in [-0.39, 0.29) is 17.9 Å². The molecule has 1 N–H and O–H groups in total. The molecule has 1 aliphatic rings. The van der Waals surface area contributed by atoms with E-state index in [1.807, 2.05) is 13.8 Å². The van der Waals surface area contributed by atoms with Crippen LogP contribution in [0.2, 0.25) is 0 Å². The Balaban J connectivity index is 2.07. The zero-order valence-electron chi connectivity index (χ0n) is 10.6. The van der Waals surface area contributed by atoms with Gasteiger partial charge in [-0.3, -0.25) is 4.79 Å². The van der Waals surface area contributed by atoms with E-state index < -0.39 is 0 Å². The molecule has 0 saturated carbocycles. The first-order chi connectivity index (χ1) is 7.99. The van der Waals surface area contributed by atoms with Crippen LogP contribution in [-0.2, 0) is 0 Å². The number of aryl methyl sites for hydroxylation is 2. The third kappa shape index (κ3) is 2.36. The Morgan fingerprint density at radius 3 is 2.76 bits per heavy atom. The van der Waals surface area contributed by atoms with Crippen molar-refractivity contribution < 1.29 is 14.3 Å². The average Bonchev–Trinajstić information content (AvgIpc) is 2.86. The van der Waals surface area contributed by atoms with E-state index in [0.29, 0.717) is 18.8 Å². The number of hydrogen-bond acceptors (Lipinski definition) is 3. The maximum atomic E-state index is 12.1. The fraction of sp³-hybridized carbons (Fsp3) is 0.615. The number of aliphatic hydroxyl groups excluding tert-OH is 1. The normalized spacial score (nSPS) is 21.9. The molecule has 0 spiro atoms. The number of amides is 1. The van der Waals surface area contributed by atoms with Gasteiger partial charge in [-0.1, -0.05) is 0 Å². The molecule has 94 valence electrons. The number of carbonyl (C=O) groups is 1. The molecule has 1 fully saturated rings. The molecule has 17 heavy (non-hydrogen) atoms.